The third kappa shape index (κ3) is 4.25. The van der Waals surface area contributed by atoms with Gasteiger partial charge in [0.25, 0.3) is 0 Å². The van der Waals surface area contributed by atoms with Crippen LogP contribution in [0.2, 0.25) is 0 Å². The average Bonchev–Trinajstić information content (AvgIpc) is 2.83. The van der Waals surface area contributed by atoms with Crippen molar-refractivity contribution in [2.75, 3.05) is 13.1 Å². The number of fused-ring (bicyclic) bond motifs is 1. The molecule has 4 rings (SSSR count). The van der Waals surface area contributed by atoms with Crippen molar-refractivity contribution in [3.8, 4) is 5.75 Å². The van der Waals surface area contributed by atoms with Gasteiger partial charge in [-0.05, 0) is 54.8 Å². The zero-order chi connectivity index (χ0) is 20.9. The van der Waals surface area contributed by atoms with Gasteiger partial charge in [-0.1, -0.05) is 18.2 Å². The van der Waals surface area contributed by atoms with Crippen molar-refractivity contribution >= 4 is 18.3 Å². The van der Waals surface area contributed by atoms with Crippen molar-refractivity contribution in [1.82, 2.24) is 15.3 Å². The lowest BCUT2D eigenvalue weighted by Crippen LogP contribution is -2.23. The molecule has 0 atom stereocenters. The number of rotatable bonds is 3. The molecule has 0 amide bonds. The van der Waals surface area contributed by atoms with E-state index in [1.165, 1.54) is 6.34 Å². The number of phenols is 1. The van der Waals surface area contributed by atoms with Crippen LogP contribution in [0.25, 0.3) is 5.70 Å². The molecular formula is C23H24N6O. The predicted molar refractivity (Wildman–Crippen MR) is 120 cm³/mol. The fourth-order valence-electron chi connectivity index (χ4n) is 3.51. The highest BCUT2D eigenvalue weighted by Crippen LogP contribution is 2.27. The van der Waals surface area contributed by atoms with Gasteiger partial charge in [0.1, 0.15) is 17.8 Å². The van der Waals surface area contributed by atoms with Gasteiger partial charge >= 0.3 is 0 Å². The van der Waals surface area contributed by atoms with Crippen LogP contribution in [-0.4, -0.2) is 40.7 Å². The summed E-state index contributed by atoms with van der Waals surface area (Å²) in [5, 5.41) is 19.4. The van der Waals surface area contributed by atoms with E-state index in [4.69, 9.17) is 15.7 Å². The molecule has 0 spiro atoms. The second-order valence-corrected chi connectivity index (χ2v) is 7.08. The lowest BCUT2D eigenvalue weighted by molar-refractivity contribution is 0.437. The predicted octanol–water partition coefficient (Wildman–Crippen LogP) is 2.69. The molecule has 2 aromatic rings. The van der Waals surface area contributed by atoms with Crippen molar-refractivity contribution in [2.45, 2.75) is 13.3 Å². The molecule has 1 aromatic carbocycles. The summed E-state index contributed by atoms with van der Waals surface area (Å²) >= 11 is 0. The molecule has 0 unspecified atom stereocenters. The Morgan fingerprint density at radius 2 is 2.17 bits per heavy atom. The molecular weight excluding hydrogens is 376 g/mol. The van der Waals surface area contributed by atoms with E-state index in [1.54, 1.807) is 17.1 Å². The highest BCUT2D eigenvalue weighted by molar-refractivity contribution is 5.88. The van der Waals surface area contributed by atoms with Crippen molar-refractivity contribution in [3.05, 3.63) is 88.5 Å². The fraction of sp³-hybridized carbons (Fsp3) is 0.174. The van der Waals surface area contributed by atoms with E-state index in [-0.39, 0.29) is 5.75 Å². The molecule has 0 saturated carbocycles. The zero-order valence-electron chi connectivity index (χ0n) is 16.8. The van der Waals surface area contributed by atoms with Gasteiger partial charge < -0.3 is 16.2 Å². The van der Waals surface area contributed by atoms with Gasteiger partial charge in [-0.2, -0.15) is 5.10 Å². The maximum absolute atomic E-state index is 9.88. The molecule has 0 saturated heterocycles. The van der Waals surface area contributed by atoms with Crippen LogP contribution in [0.1, 0.15) is 22.5 Å². The van der Waals surface area contributed by atoms with Gasteiger partial charge in [-0.3, -0.25) is 15.0 Å². The van der Waals surface area contributed by atoms with E-state index in [1.807, 2.05) is 55.8 Å². The third-order valence-electron chi connectivity index (χ3n) is 4.90. The quantitative estimate of drug-likeness (QED) is 0.543. The standard InChI is InChI=1S/C23H24N6O/c1-16-4-2-6-21(28-16)23-22(19-5-3-11-29(14-19)27-15-24)25-10-9-17-12-20(30)8-7-18(17)13-26-23/h2-8,12-15,25,30H,9-11H2,1H3,(H2,24,27)/b23-22-,26-13?. The minimum atomic E-state index is 0.253. The number of hydrogen-bond donors (Lipinski definition) is 3. The van der Waals surface area contributed by atoms with Crippen LogP contribution in [0.3, 0.4) is 0 Å². The Labute approximate surface area is 175 Å². The van der Waals surface area contributed by atoms with E-state index in [2.05, 4.69) is 10.4 Å². The Balaban J connectivity index is 1.87. The topological polar surface area (TPSA) is 99.1 Å². The van der Waals surface area contributed by atoms with Gasteiger partial charge in [-0.15, -0.1) is 0 Å². The number of hydrogen-bond acceptors (Lipinski definition) is 6. The van der Waals surface area contributed by atoms with Crippen molar-refractivity contribution < 1.29 is 5.11 Å². The monoisotopic (exact) mass is 400 g/mol. The number of aliphatic imine (C=N–C) groups is 1. The number of nitrogens with two attached hydrogens (primary N) is 1. The summed E-state index contributed by atoms with van der Waals surface area (Å²) < 4.78 is 0. The minimum Gasteiger partial charge on any atom is -0.508 e. The van der Waals surface area contributed by atoms with E-state index < -0.39 is 0 Å². The lowest BCUT2D eigenvalue weighted by Gasteiger charge is -2.21. The minimum absolute atomic E-state index is 0.253. The SMILES string of the molecule is Cc1cccc(/C2=C(\C3=CN(/N=C\N)CC=C3)NCCc3cc(O)ccc3C=N2)n1. The number of hydrazone groups is 1. The summed E-state index contributed by atoms with van der Waals surface area (Å²) in [5.41, 5.74) is 11.7. The molecule has 2 aliphatic rings. The molecule has 0 radical (unpaired) electrons. The normalized spacial score (nSPS) is 19.0. The first-order valence-corrected chi connectivity index (χ1v) is 9.82. The van der Waals surface area contributed by atoms with Crippen LogP contribution in [0, 0.1) is 6.92 Å². The molecule has 152 valence electrons. The zero-order valence-corrected chi connectivity index (χ0v) is 16.8. The second kappa shape index (κ2) is 8.65. The number of aromatic hydroxyl groups is 1. The summed E-state index contributed by atoms with van der Waals surface area (Å²) in [7, 11) is 0. The molecule has 4 N–H and O–H groups in total. The van der Waals surface area contributed by atoms with Crippen LogP contribution in [0.5, 0.6) is 5.75 Å². The first-order chi connectivity index (χ1) is 14.6. The summed E-state index contributed by atoms with van der Waals surface area (Å²) in [6.45, 7) is 3.29. The molecule has 30 heavy (non-hydrogen) atoms. The van der Waals surface area contributed by atoms with Gasteiger partial charge in [0.05, 0.1) is 17.9 Å². The summed E-state index contributed by atoms with van der Waals surface area (Å²) in [6.07, 6.45) is 9.88. The number of pyridine rings is 1. The highest BCUT2D eigenvalue weighted by atomic mass is 16.3. The Bertz CT molecular complexity index is 1100. The number of aromatic nitrogens is 1. The molecule has 0 aliphatic carbocycles. The second-order valence-electron chi connectivity index (χ2n) is 7.08. The number of allylic oxidation sites excluding steroid dienone is 1. The first-order valence-electron chi connectivity index (χ1n) is 9.82. The van der Waals surface area contributed by atoms with E-state index in [9.17, 15) is 5.11 Å². The molecule has 0 fully saturated rings. The Morgan fingerprint density at radius 1 is 1.27 bits per heavy atom. The summed E-state index contributed by atoms with van der Waals surface area (Å²) in [4.78, 5) is 9.55. The van der Waals surface area contributed by atoms with E-state index in [0.29, 0.717) is 13.1 Å². The maximum Gasteiger partial charge on any atom is 0.115 e. The van der Waals surface area contributed by atoms with Gasteiger partial charge in [0, 0.05) is 30.2 Å². The average molecular weight is 400 g/mol. The van der Waals surface area contributed by atoms with Gasteiger partial charge in [0.2, 0.25) is 0 Å². The Hall–Kier alpha value is -3.87. The third-order valence-corrected chi connectivity index (χ3v) is 4.90. The van der Waals surface area contributed by atoms with Crippen LogP contribution in [0.4, 0.5) is 0 Å². The molecule has 1 aromatic heterocycles. The smallest absolute Gasteiger partial charge is 0.115 e. The number of benzene rings is 1. The molecule has 2 aliphatic heterocycles. The maximum atomic E-state index is 9.88. The molecule has 7 heteroatoms. The molecule has 0 bridgehead atoms. The fourth-order valence-corrected chi connectivity index (χ4v) is 3.51. The van der Waals surface area contributed by atoms with Crippen molar-refractivity contribution in [3.63, 3.8) is 0 Å². The van der Waals surface area contributed by atoms with E-state index >= 15 is 0 Å². The Morgan fingerprint density at radius 3 is 3.00 bits per heavy atom. The van der Waals surface area contributed by atoms with E-state index in [0.717, 1.165) is 45.9 Å². The van der Waals surface area contributed by atoms with Crippen LogP contribution in [0.15, 0.2) is 76.1 Å². The van der Waals surface area contributed by atoms with Crippen LogP contribution in [-0.2, 0) is 6.42 Å². The van der Waals surface area contributed by atoms with Crippen molar-refractivity contribution in [2.24, 2.45) is 15.8 Å². The summed E-state index contributed by atoms with van der Waals surface area (Å²) in [5.74, 6) is 0.253. The van der Waals surface area contributed by atoms with Gasteiger partial charge in [-0.25, -0.2) is 0 Å². The van der Waals surface area contributed by atoms with Crippen molar-refractivity contribution in [1.29, 1.82) is 0 Å². The lowest BCUT2D eigenvalue weighted by atomic mass is 10.0. The number of nitrogens with zero attached hydrogens (tertiary/aromatic N) is 4. The first kappa shape index (κ1) is 19.4. The number of aryl methyl sites for hydroxylation is 1. The molecule has 3 heterocycles. The summed E-state index contributed by atoms with van der Waals surface area (Å²) in [6, 6.07) is 11.3. The van der Waals surface area contributed by atoms with Crippen LogP contribution < -0.4 is 11.1 Å². The van der Waals surface area contributed by atoms with Gasteiger partial charge in [0.15, 0.2) is 0 Å². The Kier molecular flexibility index (Phi) is 5.61. The van der Waals surface area contributed by atoms with Crippen LogP contribution >= 0.6 is 0 Å². The largest absolute Gasteiger partial charge is 0.508 e. The highest BCUT2D eigenvalue weighted by Gasteiger charge is 2.18. The number of phenolic OH excluding ortho intramolecular Hbond substituents is 1. The molecule has 7 nitrogen and oxygen atoms in total. The number of nitrogens with one attached hydrogen (secondary N) is 1.